The van der Waals surface area contributed by atoms with Crippen LogP contribution in [0.1, 0.15) is 24.7 Å². The number of furan rings is 1. The van der Waals surface area contributed by atoms with Crippen molar-refractivity contribution in [1.82, 2.24) is 29.3 Å². The Hall–Kier alpha value is -3.43. The number of benzene rings is 1. The van der Waals surface area contributed by atoms with E-state index in [-0.39, 0.29) is 18.0 Å². The number of aryl methyl sites for hydroxylation is 1. The Labute approximate surface area is 203 Å². The number of aromatic nitrogens is 3. The molecule has 1 saturated heterocycles. The highest BCUT2D eigenvalue weighted by Crippen LogP contribution is 2.20. The fourth-order valence-corrected chi connectivity index (χ4v) is 4.79. The Morgan fingerprint density at radius 1 is 1.06 bits per heavy atom. The number of fused-ring (bicyclic) bond motifs is 3. The summed E-state index contributed by atoms with van der Waals surface area (Å²) < 4.78 is 8.52. The molecule has 3 aromatic heterocycles. The van der Waals surface area contributed by atoms with Crippen molar-refractivity contribution < 1.29 is 9.21 Å². The molecule has 9 heteroatoms. The molecule has 1 aromatic carbocycles. The maximum absolute atomic E-state index is 12.9. The third-order valence-corrected chi connectivity index (χ3v) is 6.67. The van der Waals surface area contributed by atoms with Gasteiger partial charge < -0.3 is 14.6 Å². The monoisotopic (exact) mass is 476 g/mol. The fraction of sp³-hybridized carbons (Fsp3) is 0.423. The normalized spacial score (nSPS) is 15.2. The molecule has 4 aromatic rings. The SMILES string of the molecule is CCc1nn(CC(=O)NCCCN2CCN(Cc3ccccc3)CC2)c(=O)c2cc3occc3n12. The van der Waals surface area contributed by atoms with E-state index in [1.54, 1.807) is 12.3 Å². The van der Waals surface area contributed by atoms with Crippen LogP contribution in [-0.4, -0.2) is 69.2 Å². The van der Waals surface area contributed by atoms with Crippen molar-refractivity contribution in [1.29, 1.82) is 0 Å². The van der Waals surface area contributed by atoms with Gasteiger partial charge in [-0.1, -0.05) is 37.3 Å². The number of nitrogens with zero attached hydrogens (tertiary/aromatic N) is 5. The van der Waals surface area contributed by atoms with Crippen LogP contribution in [0, 0.1) is 0 Å². The first-order chi connectivity index (χ1) is 17.1. The summed E-state index contributed by atoms with van der Waals surface area (Å²) in [5, 5.41) is 7.40. The van der Waals surface area contributed by atoms with Gasteiger partial charge in [-0.05, 0) is 18.5 Å². The van der Waals surface area contributed by atoms with E-state index in [0.29, 0.717) is 24.1 Å². The first-order valence-corrected chi connectivity index (χ1v) is 12.4. The van der Waals surface area contributed by atoms with Crippen molar-refractivity contribution in [3.05, 3.63) is 70.5 Å². The molecule has 4 heterocycles. The van der Waals surface area contributed by atoms with E-state index in [4.69, 9.17) is 4.42 Å². The molecule has 1 fully saturated rings. The lowest BCUT2D eigenvalue weighted by atomic mass is 10.2. The predicted octanol–water partition coefficient (Wildman–Crippen LogP) is 2.13. The number of carbonyl (C=O) groups excluding carboxylic acids is 1. The second-order valence-electron chi connectivity index (χ2n) is 9.07. The second kappa shape index (κ2) is 10.5. The molecule has 0 aliphatic carbocycles. The maximum atomic E-state index is 12.9. The Balaban J connectivity index is 1.08. The van der Waals surface area contributed by atoms with Crippen molar-refractivity contribution >= 4 is 22.5 Å². The predicted molar refractivity (Wildman–Crippen MR) is 134 cm³/mol. The van der Waals surface area contributed by atoms with E-state index in [0.717, 1.165) is 57.0 Å². The average molecular weight is 477 g/mol. The molecule has 0 bridgehead atoms. The summed E-state index contributed by atoms with van der Waals surface area (Å²) in [4.78, 5) is 30.4. The summed E-state index contributed by atoms with van der Waals surface area (Å²) >= 11 is 0. The van der Waals surface area contributed by atoms with E-state index in [2.05, 4.69) is 50.5 Å². The lowest BCUT2D eigenvalue weighted by Crippen LogP contribution is -2.46. The number of amides is 1. The topological polar surface area (TPSA) is 88.0 Å². The summed E-state index contributed by atoms with van der Waals surface area (Å²) in [6, 6.07) is 14.1. The van der Waals surface area contributed by atoms with E-state index < -0.39 is 0 Å². The van der Waals surface area contributed by atoms with Crippen molar-refractivity contribution in [2.45, 2.75) is 32.9 Å². The van der Waals surface area contributed by atoms with Crippen LogP contribution in [0.2, 0.25) is 0 Å². The Kier molecular flexibility index (Phi) is 6.96. The van der Waals surface area contributed by atoms with Gasteiger partial charge in [0, 0.05) is 57.8 Å². The van der Waals surface area contributed by atoms with E-state index >= 15 is 0 Å². The van der Waals surface area contributed by atoms with Gasteiger partial charge in [0.25, 0.3) is 5.56 Å². The standard InChI is InChI=1S/C26H32N6O3/c1-2-24-28-31(26(34)22-17-23-21(32(22)24)9-16-35-23)19-25(33)27-10-6-11-29-12-14-30(15-13-29)18-20-7-4-3-5-8-20/h3-5,7-9,16-17H,2,6,10-15,18-19H2,1H3,(H,27,33). The number of rotatable bonds is 9. The summed E-state index contributed by atoms with van der Waals surface area (Å²) in [5.74, 6) is 0.518. The lowest BCUT2D eigenvalue weighted by molar-refractivity contribution is -0.121. The average Bonchev–Trinajstić information content (AvgIpc) is 3.47. The molecule has 0 saturated carbocycles. The minimum absolute atomic E-state index is 0.0902. The minimum Gasteiger partial charge on any atom is -0.463 e. The third kappa shape index (κ3) is 5.16. The van der Waals surface area contributed by atoms with Gasteiger partial charge in [-0.15, -0.1) is 0 Å². The van der Waals surface area contributed by atoms with Crippen molar-refractivity contribution in [3.8, 4) is 0 Å². The quantitative estimate of drug-likeness (QED) is 0.373. The molecule has 0 atom stereocenters. The first-order valence-electron chi connectivity index (χ1n) is 12.4. The van der Waals surface area contributed by atoms with Crippen molar-refractivity contribution in [2.24, 2.45) is 0 Å². The number of carbonyl (C=O) groups is 1. The van der Waals surface area contributed by atoms with Crippen molar-refractivity contribution in [3.63, 3.8) is 0 Å². The summed E-state index contributed by atoms with van der Waals surface area (Å²) in [6.07, 6.45) is 3.10. The number of hydrogen-bond acceptors (Lipinski definition) is 6. The molecule has 9 nitrogen and oxygen atoms in total. The van der Waals surface area contributed by atoms with Crippen LogP contribution in [0.5, 0.6) is 0 Å². The van der Waals surface area contributed by atoms with E-state index in [1.165, 1.54) is 10.2 Å². The van der Waals surface area contributed by atoms with Crippen LogP contribution < -0.4 is 10.9 Å². The Bertz CT molecular complexity index is 1350. The van der Waals surface area contributed by atoms with Gasteiger partial charge in [-0.2, -0.15) is 5.10 Å². The van der Waals surface area contributed by atoms with Gasteiger partial charge in [0.2, 0.25) is 5.91 Å². The van der Waals surface area contributed by atoms with Gasteiger partial charge in [0.1, 0.15) is 17.9 Å². The molecule has 184 valence electrons. The van der Waals surface area contributed by atoms with Crippen LogP contribution in [0.3, 0.4) is 0 Å². The smallest absolute Gasteiger partial charge is 0.291 e. The molecule has 5 rings (SSSR count). The zero-order valence-electron chi connectivity index (χ0n) is 20.2. The van der Waals surface area contributed by atoms with Gasteiger partial charge in [-0.3, -0.25) is 18.9 Å². The first kappa shape index (κ1) is 23.3. The lowest BCUT2D eigenvalue weighted by Gasteiger charge is -2.34. The van der Waals surface area contributed by atoms with Crippen LogP contribution in [0.4, 0.5) is 0 Å². The van der Waals surface area contributed by atoms with Gasteiger partial charge >= 0.3 is 0 Å². The highest BCUT2D eigenvalue weighted by Gasteiger charge is 2.18. The summed E-state index contributed by atoms with van der Waals surface area (Å²) in [5.41, 5.74) is 3.00. The largest absolute Gasteiger partial charge is 0.463 e. The summed E-state index contributed by atoms with van der Waals surface area (Å²) in [6.45, 7) is 8.62. The van der Waals surface area contributed by atoms with E-state index in [9.17, 15) is 9.59 Å². The Morgan fingerprint density at radius 2 is 1.83 bits per heavy atom. The number of nitrogens with one attached hydrogen (secondary N) is 1. The highest BCUT2D eigenvalue weighted by molar-refractivity contribution is 5.82. The maximum Gasteiger partial charge on any atom is 0.291 e. The number of piperazine rings is 1. The van der Waals surface area contributed by atoms with Crippen LogP contribution in [0.15, 0.2) is 57.9 Å². The van der Waals surface area contributed by atoms with Crippen molar-refractivity contribution in [2.75, 3.05) is 39.3 Å². The van der Waals surface area contributed by atoms with Crippen LogP contribution in [-0.2, 0) is 24.3 Å². The molecule has 35 heavy (non-hydrogen) atoms. The molecular formula is C26H32N6O3. The molecule has 1 aliphatic heterocycles. The molecule has 1 aliphatic rings. The number of hydrogen-bond donors (Lipinski definition) is 1. The molecule has 1 N–H and O–H groups in total. The fourth-order valence-electron chi connectivity index (χ4n) is 4.79. The highest BCUT2D eigenvalue weighted by atomic mass is 16.3. The minimum atomic E-state index is -0.294. The van der Waals surface area contributed by atoms with Gasteiger partial charge in [0.15, 0.2) is 5.58 Å². The molecule has 1 amide bonds. The van der Waals surface area contributed by atoms with Crippen LogP contribution in [0.25, 0.3) is 16.6 Å². The zero-order valence-corrected chi connectivity index (χ0v) is 20.2. The molecule has 0 unspecified atom stereocenters. The second-order valence-corrected chi connectivity index (χ2v) is 9.07. The van der Waals surface area contributed by atoms with E-state index in [1.807, 2.05) is 17.4 Å². The van der Waals surface area contributed by atoms with Gasteiger partial charge in [-0.25, -0.2) is 4.68 Å². The van der Waals surface area contributed by atoms with Crippen LogP contribution >= 0.6 is 0 Å². The Morgan fingerprint density at radius 3 is 2.60 bits per heavy atom. The summed E-state index contributed by atoms with van der Waals surface area (Å²) in [7, 11) is 0. The molecule has 0 radical (unpaired) electrons. The zero-order chi connectivity index (χ0) is 24.2. The molecule has 0 spiro atoms. The third-order valence-electron chi connectivity index (χ3n) is 6.67. The molecular weight excluding hydrogens is 444 g/mol. The van der Waals surface area contributed by atoms with Gasteiger partial charge in [0.05, 0.1) is 11.8 Å².